The molecule has 2 amide bonds. The quantitative estimate of drug-likeness (QED) is 0.870. The van der Waals surface area contributed by atoms with Crippen LogP contribution in [0.4, 0.5) is 9.80 Å². The molecule has 0 bridgehead atoms. The normalized spacial score (nSPS) is 22.4. The Morgan fingerprint density at radius 1 is 1.44 bits per heavy atom. The van der Waals surface area contributed by atoms with Crippen molar-refractivity contribution >= 4 is 32.2 Å². The maximum Gasteiger partial charge on any atom is 0.320 e. The predicted octanol–water partition coefficient (Wildman–Crippen LogP) is 1.76. The fourth-order valence-corrected chi connectivity index (χ4v) is 4.37. The van der Waals surface area contributed by atoms with E-state index in [1.54, 1.807) is 0 Å². The van der Waals surface area contributed by atoms with E-state index in [4.69, 9.17) is 0 Å². The van der Waals surface area contributed by atoms with E-state index in [2.05, 4.69) is 10.6 Å². The first-order valence-corrected chi connectivity index (χ1v) is 8.43. The highest BCUT2D eigenvalue weighted by molar-refractivity contribution is 7.91. The molecule has 2 N–H and O–H groups in total. The number of carbonyl (C=O) groups excluding carboxylic acids is 1. The van der Waals surface area contributed by atoms with E-state index in [-0.39, 0.29) is 23.6 Å². The molecule has 1 saturated heterocycles. The third-order valence-electron chi connectivity index (χ3n) is 2.78. The molecular formula is C11H16N2O3S2. The van der Waals surface area contributed by atoms with E-state index >= 15 is 0 Å². The molecule has 1 aromatic rings. The van der Waals surface area contributed by atoms with Crippen LogP contribution in [0.5, 0.6) is 0 Å². The Kier molecular flexibility index (Phi) is 3.91. The van der Waals surface area contributed by atoms with Crippen LogP contribution in [0, 0.1) is 6.92 Å². The summed E-state index contributed by atoms with van der Waals surface area (Å²) in [5.74, 6) is 0.279. The van der Waals surface area contributed by atoms with E-state index in [0.717, 1.165) is 16.3 Å². The fraction of sp³-hybridized carbons (Fsp3) is 0.545. The second kappa shape index (κ2) is 5.27. The van der Waals surface area contributed by atoms with Gasteiger partial charge in [0.25, 0.3) is 0 Å². The van der Waals surface area contributed by atoms with Crippen molar-refractivity contribution in [1.29, 1.82) is 0 Å². The van der Waals surface area contributed by atoms with Crippen molar-refractivity contribution in [2.45, 2.75) is 25.8 Å². The summed E-state index contributed by atoms with van der Waals surface area (Å²) in [6, 6.07) is 3.14. The van der Waals surface area contributed by atoms with Gasteiger partial charge < -0.3 is 5.32 Å². The van der Waals surface area contributed by atoms with Gasteiger partial charge in [-0.1, -0.05) is 0 Å². The van der Waals surface area contributed by atoms with Gasteiger partial charge in [0.15, 0.2) is 9.84 Å². The number of nitrogens with one attached hydrogen (secondary N) is 2. The predicted molar refractivity (Wildman–Crippen MR) is 72.9 cm³/mol. The smallest absolute Gasteiger partial charge is 0.320 e. The van der Waals surface area contributed by atoms with E-state index < -0.39 is 9.84 Å². The molecule has 0 radical (unpaired) electrons. The maximum atomic E-state index is 11.7. The summed E-state index contributed by atoms with van der Waals surface area (Å²) in [7, 11) is -2.99. The molecule has 2 heterocycles. The molecule has 7 heteroatoms. The highest BCUT2D eigenvalue weighted by Gasteiger charge is 2.25. The summed E-state index contributed by atoms with van der Waals surface area (Å²) < 4.78 is 22.9. The van der Waals surface area contributed by atoms with Crippen LogP contribution in [-0.2, 0) is 9.84 Å². The van der Waals surface area contributed by atoms with Crippen LogP contribution in [0.25, 0.3) is 0 Å². The van der Waals surface area contributed by atoms with Crippen molar-refractivity contribution in [3.05, 3.63) is 17.0 Å². The number of carbonyl (C=O) groups is 1. The summed E-state index contributed by atoms with van der Waals surface area (Å²) >= 11 is 1.49. The number of hydrogen-bond donors (Lipinski definition) is 2. The number of rotatable bonds is 2. The molecule has 1 unspecified atom stereocenters. The second-order valence-electron chi connectivity index (χ2n) is 4.46. The molecule has 0 aliphatic carbocycles. The molecule has 0 aromatic carbocycles. The molecule has 2 rings (SSSR count). The largest absolute Gasteiger partial charge is 0.334 e. The van der Waals surface area contributed by atoms with E-state index in [1.807, 2.05) is 19.1 Å². The van der Waals surface area contributed by atoms with Gasteiger partial charge in [0.1, 0.15) is 0 Å². The molecular weight excluding hydrogens is 272 g/mol. The van der Waals surface area contributed by atoms with Crippen LogP contribution in [0.1, 0.15) is 17.7 Å². The van der Waals surface area contributed by atoms with Crippen molar-refractivity contribution in [1.82, 2.24) is 5.32 Å². The summed E-state index contributed by atoms with van der Waals surface area (Å²) in [5, 5.41) is 6.19. The lowest BCUT2D eigenvalue weighted by atomic mass is 10.2. The molecule has 1 aromatic heterocycles. The number of aryl methyl sites for hydroxylation is 1. The van der Waals surface area contributed by atoms with Gasteiger partial charge in [0.2, 0.25) is 0 Å². The maximum absolute atomic E-state index is 11.7. The van der Waals surface area contributed by atoms with Gasteiger partial charge >= 0.3 is 6.03 Å². The summed E-state index contributed by atoms with van der Waals surface area (Å²) in [6.45, 7) is 1.96. The zero-order chi connectivity index (χ0) is 13.2. The van der Waals surface area contributed by atoms with Crippen LogP contribution in [-0.4, -0.2) is 32.0 Å². The minimum Gasteiger partial charge on any atom is -0.334 e. The van der Waals surface area contributed by atoms with Gasteiger partial charge in [0, 0.05) is 10.9 Å². The lowest BCUT2D eigenvalue weighted by molar-refractivity contribution is 0.248. The Balaban J connectivity index is 1.88. The van der Waals surface area contributed by atoms with Crippen LogP contribution in [0.3, 0.4) is 0 Å². The Morgan fingerprint density at radius 3 is 2.83 bits per heavy atom. The molecule has 1 aliphatic rings. The lowest BCUT2D eigenvalue weighted by Gasteiger charge is -2.22. The summed E-state index contributed by atoms with van der Waals surface area (Å²) in [5.41, 5.74) is 0. The van der Waals surface area contributed by atoms with Gasteiger partial charge in [-0.25, -0.2) is 13.2 Å². The van der Waals surface area contributed by atoms with E-state index in [0.29, 0.717) is 6.42 Å². The van der Waals surface area contributed by atoms with Gasteiger partial charge in [-0.3, -0.25) is 5.32 Å². The topological polar surface area (TPSA) is 75.3 Å². The molecule has 0 spiro atoms. The minimum atomic E-state index is -2.99. The van der Waals surface area contributed by atoms with Crippen LogP contribution < -0.4 is 10.6 Å². The van der Waals surface area contributed by atoms with Crippen molar-refractivity contribution in [3.63, 3.8) is 0 Å². The van der Waals surface area contributed by atoms with Gasteiger partial charge in [0.05, 0.1) is 16.5 Å². The SMILES string of the molecule is Cc1ccc(NC(=O)NC2CCCS(=O)(=O)C2)s1. The lowest BCUT2D eigenvalue weighted by Crippen LogP contribution is -2.44. The first kappa shape index (κ1) is 13.4. The first-order chi connectivity index (χ1) is 8.44. The second-order valence-corrected chi connectivity index (χ2v) is 7.98. The zero-order valence-corrected chi connectivity index (χ0v) is 11.7. The molecule has 100 valence electrons. The minimum absolute atomic E-state index is 0.0455. The van der Waals surface area contributed by atoms with Crippen molar-refractivity contribution in [2.24, 2.45) is 0 Å². The third kappa shape index (κ3) is 3.71. The van der Waals surface area contributed by atoms with Gasteiger partial charge in [-0.15, -0.1) is 11.3 Å². The summed E-state index contributed by atoms with van der Waals surface area (Å²) in [6.07, 6.45) is 1.33. The number of hydrogen-bond acceptors (Lipinski definition) is 4. The number of anilines is 1. The van der Waals surface area contributed by atoms with E-state index in [9.17, 15) is 13.2 Å². The first-order valence-electron chi connectivity index (χ1n) is 5.79. The molecule has 1 aliphatic heterocycles. The molecule has 1 fully saturated rings. The monoisotopic (exact) mass is 288 g/mol. The van der Waals surface area contributed by atoms with Gasteiger partial charge in [-0.05, 0) is 31.9 Å². The van der Waals surface area contributed by atoms with Crippen LogP contribution >= 0.6 is 11.3 Å². The number of amides is 2. The van der Waals surface area contributed by atoms with Crippen LogP contribution in [0.2, 0.25) is 0 Å². The zero-order valence-electron chi connectivity index (χ0n) is 10.1. The molecule has 1 atom stereocenters. The Labute approximate surface area is 111 Å². The molecule has 5 nitrogen and oxygen atoms in total. The number of urea groups is 1. The van der Waals surface area contributed by atoms with Crippen molar-refractivity contribution in [2.75, 3.05) is 16.8 Å². The van der Waals surface area contributed by atoms with E-state index in [1.165, 1.54) is 11.3 Å². The van der Waals surface area contributed by atoms with Crippen molar-refractivity contribution in [3.8, 4) is 0 Å². The molecule has 0 saturated carbocycles. The fourth-order valence-electron chi connectivity index (χ4n) is 1.97. The summed E-state index contributed by atoms with van der Waals surface area (Å²) in [4.78, 5) is 12.8. The number of sulfone groups is 1. The van der Waals surface area contributed by atoms with Crippen molar-refractivity contribution < 1.29 is 13.2 Å². The highest BCUT2D eigenvalue weighted by atomic mass is 32.2. The van der Waals surface area contributed by atoms with Crippen LogP contribution in [0.15, 0.2) is 12.1 Å². The average molecular weight is 288 g/mol. The standard InChI is InChI=1S/C11H16N2O3S2/c1-8-4-5-10(17-8)13-11(14)12-9-3-2-6-18(15,16)7-9/h4-5,9H,2-3,6-7H2,1H3,(H2,12,13,14). The van der Waals surface area contributed by atoms with Gasteiger partial charge in [-0.2, -0.15) is 0 Å². The Hall–Kier alpha value is -1.08. The Bertz CT molecular complexity index is 536. The third-order valence-corrected chi connectivity index (χ3v) is 5.51. The number of thiophene rings is 1. The molecule has 18 heavy (non-hydrogen) atoms. The average Bonchev–Trinajstić information content (AvgIpc) is 2.62. The Morgan fingerprint density at radius 2 is 2.22 bits per heavy atom. The highest BCUT2D eigenvalue weighted by Crippen LogP contribution is 2.20.